The van der Waals surface area contributed by atoms with Crippen LogP contribution in [0.5, 0.6) is 11.6 Å². The summed E-state index contributed by atoms with van der Waals surface area (Å²) in [5, 5.41) is 7.91. The van der Waals surface area contributed by atoms with Crippen LogP contribution in [0.4, 0.5) is 13.2 Å². The number of hydrogen-bond donors (Lipinski definition) is 0. The molecule has 0 amide bonds. The SMILES string of the molecule is FC(F)(F)CCCn1nnc2c(Br)c(Oc3cnccn3)ccc21. The topological polar surface area (TPSA) is 65.7 Å². The molecule has 0 bridgehead atoms. The molecule has 3 rings (SSSR count). The van der Waals surface area contributed by atoms with Crippen LogP contribution in [0.3, 0.4) is 0 Å². The van der Waals surface area contributed by atoms with E-state index >= 15 is 0 Å². The van der Waals surface area contributed by atoms with Gasteiger partial charge in [-0.2, -0.15) is 13.2 Å². The summed E-state index contributed by atoms with van der Waals surface area (Å²) in [6, 6.07) is 3.37. The summed E-state index contributed by atoms with van der Waals surface area (Å²) < 4.78 is 44.3. The highest BCUT2D eigenvalue weighted by atomic mass is 79.9. The molecule has 3 aromatic rings. The molecule has 1 aromatic carbocycles. The molecule has 0 atom stereocenters. The lowest BCUT2D eigenvalue weighted by atomic mass is 10.2. The Morgan fingerprint density at radius 1 is 1.21 bits per heavy atom. The van der Waals surface area contributed by atoms with E-state index in [0.29, 0.717) is 27.1 Å². The molecule has 126 valence electrons. The summed E-state index contributed by atoms with van der Waals surface area (Å²) >= 11 is 3.38. The maximum Gasteiger partial charge on any atom is 0.389 e. The molecule has 6 nitrogen and oxygen atoms in total. The second-order valence-electron chi connectivity index (χ2n) is 4.92. The van der Waals surface area contributed by atoms with Gasteiger partial charge in [0.2, 0.25) is 5.88 Å². The van der Waals surface area contributed by atoms with E-state index in [4.69, 9.17) is 4.74 Å². The fourth-order valence-corrected chi connectivity index (χ4v) is 2.61. The second-order valence-corrected chi connectivity index (χ2v) is 5.72. The van der Waals surface area contributed by atoms with Crippen molar-refractivity contribution in [2.45, 2.75) is 25.6 Å². The third-order valence-corrected chi connectivity index (χ3v) is 3.94. The lowest BCUT2D eigenvalue weighted by Crippen LogP contribution is -2.09. The van der Waals surface area contributed by atoms with E-state index in [1.807, 2.05) is 0 Å². The minimum Gasteiger partial charge on any atom is -0.436 e. The number of fused-ring (bicyclic) bond motifs is 1. The zero-order chi connectivity index (χ0) is 17.2. The van der Waals surface area contributed by atoms with E-state index < -0.39 is 12.6 Å². The molecular weight excluding hydrogens is 391 g/mol. The minimum atomic E-state index is -4.17. The molecule has 0 N–H and O–H groups in total. The van der Waals surface area contributed by atoms with Crippen LogP contribution < -0.4 is 4.74 Å². The largest absolute Gasteiger partial charge is 0.436 e. The number of alkyl halides is 3. The van der Waals surface area contributed by atoms with Gasteiger partial charge in [-0.25, -0.2) is 9.67 Å². The van der Waals surface area contributed by atoms with Crippen molar-refractivity contribution in [3.63, 3.8) is 0 Å². The van der Waals surface area contributed by atoms with Gasteiger partial charge in [-0.3, -0.25) is 4.98 Å². The molecule has 24 heavy (non-hydrogen) atoms. The average molecular weight is 402 g/mol. The maximum absolute atomic E-state index is 12.2. The van der Waals surface area contributed by atoms with Gasteiger partial charge >= 0.3 is 6.18 Å². The van der Waals surface area contributed by atoms with Crippen LogP contribution in [0.25, 0.3) is 11.0 Å². The molecule has 0 aliphatic heterocycles. The summed E-state index contributed by atoms with van der Waals surface area (Å²) in [7, 11) is 0. The summed E-state index contributed by atoms with van der Waals surface area (Å²) in [5.41, 5.74) is 1.12. The second kappa shape index (κ2) is 6.71. The van der Waals surface area contributed by atoms with Crippen molar-refractivity contribution >= 4 is 27.0 Å². The van der Waals surface area contributed by atoms with Crippen molar-refractivity contribution in [2.75, 3.05) is 0 Å². The fourth-order valence-electron chi connectivity index (χ4n) is 2.11. The van der Waals surface area contributed by atoms with Crippen molar-refractivity contribution in [1.29, 1.82) is 0 Å². The standard InChI is InChI=1S/C14H11BrF3N5O/c15-12-10(24-11-8-19-5-6-20-11)3-2-9-13(12)21-22-23(9)7-1-4-14(16,17)18/h2-3,5-6,8H,1,4,7H2. The number of aryl methyl sites for hydroxylation is 1. The lowest BCUT2D eigenvalue weighted by Gasteiger charge is -2.08. The third-order valence-electron chi connectivity index (χ3n) is 3.17. The normalized spacial score (nSPS) is 11.8. The van der Waals surface area contributed by atoms with Crippen molar-refractivity contribution in [2.24, 2.45) is 0 Å². The van der Waals surface area contributed by atoms with Gasteiger partial charge in [0.1, 0.15) is 11.3 Å². The molecule has 0 spiro atoms. The Morgan fingerprint density at radius 2 is 2.04 bits per heavy atom. The number of nitrogens with zero attached hydrogens (tertiary/aromatic N) is 5. The fraction of sp³-hybridized carbons (Fsp3) is 0.286. The highest BCUT2D eigenvalue weighted by Gasteiger charge is 2.26. The van der Waals surface area contributed by atoms with E-state index in [1.54, 1.807) is 12.1 Å². The van der Waals surface area contributed by atoms with Crippen molar-refractivity contribution < 1.29 is 17.9 Å². The van der Waals surface area contributed by atoms with Gasteiger partial charge < -0.3 is 4.74 Å². The third kappa shape index (κ3) is 3.81. The number of aromatic nitrogens is 5. The Bertz CT molecular complexity index is 838. The summed E-state index contributed by atoms with van der Waals surface area (Å²) in [6.07, 6.45) is -0.601. The zero-order valence-electron chi connectivity index (χ0n) is 12.2. The highest BCUT2D eigenvalue weighted by Crippen LogP contribution is 2.34. The van der Waals surface area contributed by atoms with Crippen LogP contribution >= 0.6 is 15.9 Å². The van der Waals surface area contributed by atoms with Gasteiger partial charge in [0.25, 0.3) is 0 Å². The molecule has 0 saturated heterocycles. The molecule has 0 aliphatic rings. The van der Waals surface area contributed by atoms with Crippen LogP contribution in [-0.2, 0) is 6.54 Å². The highest BCUT2D eigenvalue weighted by molar-refractivity contribution is 9.10. The van der Waals surface area contributed by atoms with Crippen LogP contribution in [0.15, 0.2) is 35.2 Å². The molecule has 0 saturated carbocycles. The Balaban J connectivity index is 1.80. The molecule has 0 radical (unpaired) electrons. The molecule has 0 fully saturated rings. The number of ether oxygens (including phenoxy) is 1. The Labute approximate surface area is 142 Å². The lowest BCUT2D eigenvalue weighted by molar-refractivity contribution is -0.136. The van der Waals surface area contributed by atoms with Gasteiger partial charge in [0, 0.05) is 25.4 Å². The summed E-state index contributed by atoms with van der Waals surface area (Å²) in [5.74, 6) is 0.778. The molecule has 0 aliphatic carbocycles. The van der Waals surface area contributed by atoms with E-state index in [9.17, 15) is 13.2 Å². The molecule has 0 unspecified atom stereocenters. The smallest absolute Gasteiger partial charge is 0.389 e. The Hall–Kier alpha value is -2.23. The quantitative estimate of drug-likeness (QED) is 0.643. The summed E-state index contributed by atoms with van der Waals surface area (Å²) in [4.78, 5) is 7.91. The van der Waals surface area contributed by atoms with Crippen LogP contribution in [0.2, 0.25) is 0 Å². The molecule has 2 heterocycles. The van der Waals surface area contributed by atoms with Gasteiger partial charge in [0.15, 0.2) is 0 Å². The number of benzene rings is 1. The first-order valence-electron chi connectivity index (χ1n) is 6.96. The van der Waals surface area contributed by atoms with E-state index in [1.165, 1.54) is 23.3 Å². The molecule has 2 aromatic heterocycles. The van der Waals surface area contributed by atoms with Gasteiger partial charge in [0.05, 0.1) is 16.2 Å². The van der Waals surface area contributed by atoms with Crippen molar-refractivity contribution in [3.05, 3.63) is 35.2 Å². The predicted octanol–water partition coefficient (Wildman–Crippen LogP) is 4.12. The van der Waals surface area contributed by atoms with E-state index in [-0.39, 0.29) is 13.0 Å². The monoisotopic (exact) mass is 401 g/mol. The average Bonchev–Trinajstić information content (AvgIpc) is 2.94. The first-order chi connectivity index (χ1) is 11.4. The van der Waals surface area contributed by atoms with Crippen molar-refractivity contribution in [3.8, 4) is 11.6 Å². The Kier molecular flexibility index (Phi) is 4.65. The van der Waals surface area contributed by atoms with Crippen LogP contribution in [0.1, 0.15) is 12.8 Å². The van der Waals surface area contributed by atoms with E-state index in [2.05, 4.69) is 36.2 Å². The van der Waals surface area contributed by atoms with Crippen LogP contribution in [-0.4, -0.2) is 31.1 Å². The number of hydrogen-bond acceptors (Lipinski definition) is 5. The van der Waals surface area contributed by atoms with Crippen molar-refractivity contribution in [1.82, 2.24) is 25.0 Å². The van der Waals surface area contributed by atoms with Gasteiger partial charge in [-0.15, -0.1) is 5.10 Å². The van der Waals surface area contributed by atoms with Crippen LogP contribution in [0, 0.1) is 0 Å². The number of halogens is 4. The predicted molar refractivity (Wildman–Crippen MR) is 82.6 cm³/mol. The number of rotatable bonds is 5. The Morgan fingerprint density at radius 3 is 2.75 bits per heavy atom. The first kappa shape index (κ1) is 16.6. The first-order valence-corrected chi connectivity index (χ1v) is 7.76. The summed E-state index contributed by atoms with van der Waals surface area (Å²) in [6.45, 7) is 0.132. The van der Waals surface area contributed by atoms with Gasteiger partial charge in [-0.1, -0.05) is 5.21 Å². The maximum atomic E-state index is 12.2. The molecule has 10 heteroatoms. The van der Waals surface area contributed by atoms with Gasteiger partial charge in [-0.05, 0) is 34.5 Å². The van der Waals surface area contributed by atoms with E-state index in [0.717, 1.165) is 0 Å². The molecular formula is C14H11BrF3N5O. The minimum absolute atomic E-state index is 0.0581. The zero-order valence-corrected chi connectivity index (χ0v) is 13.8.